The molecule has 0 saturated carbocycles. The Morgan fingerprint density at radius 3 is 2.61 bits per heavy atom. The van der Waals surface area contributed by atoms with Crippen molar-refractivity contribution < 1.29 is 0 Å². The van der Waals surface area contributed by atoms with Gasteiger partial charge in [0.05, 0.1) is 5.69 Å². The summed E-state index contributed by atoms with van der Waals surface area (Å²) in [5.74, 6) is 0.825. The molecule has 1 aromatic heterocycles. The molecule has 100 valence electrons. The number of piperazine rings is 1. The minimum absolute atomic E-state index is 0.503. The van der Waals surface area contributed by atoms with E-state index in [2.05, 4.69) is 28.6 Å². The van der Waals surface area contributed by atoms with E-state index < -0.39 is 0 Å². The summed E-state index contributed by atoms with van der Waals surface area (Å²) >= 11 is 5.93. The second-order valence-corrected chi connectivity index (χ2v) is 5.21. The van der Waals surface area contributed by atoms with Crippen molar-refractivity contribution in [3.8, 4) is 0 Å². The Labute approximate surface area is 114 Å². The molecule has 18 heavy (non-hydrogen) atoms. The lowest BCUT2D eigenvalue weighted by Crippen LogP contribution is -2.49. The van der Waals surface area contributed by atoms with Gasteiger partial charge in [0, 0.05) is 32.2 Å². The Morgan fingerprint density at radius 1 is 1.33 bits per heavy atom. The number of nitrogens with two attached hydrogens (primary N) is 1. The quantitative estimate of drug-likeness (QED) is 0.854. The zero-order valence-corrected chi connectivity index (χ0v) is 11.8. The van der Waals surface area contributed by atoms with Crippen molar-refractivity contribution in [3.63, 3.8) is 0 Å². The lowest BCUT2D eigenvalue weighted by molar-refractivity contribution is 0.192. The van der Waals surface area contributed by atoms with Crippen LogP contribution in [0.15, 0.2) is 12.1 Å². The van der Waals surface area contributed by atoms with E-state index in [-0.39, 0.29) is 0 Å². The van der Waals surface area contributed by atoms with E-state index in [0.29, 0.717) is 16.9 Å². The molecule has 1 saturated heterocycles. The van der Waals surface area contributed by atoms with E-state index in [0.717, 1.165) is 32.0 Å². The van der Waals surface area contributed by atoms with Crippen LogP contribution in [-0.4, -0.2) is 42.1 Å². The number of hydrogen-bond acceptors (Lipinski definition) is 4. The predicted octanol–water partition coefficient (Wildman–Crippen LogP) is 2.24. The number of hydrogen-bond donors (Lipinski definition) is 1. The van der Waals surface area contributed by atoms with Crippen molar-refractivity contribution in [3.05, 3.63) is 17.3 Å². The summed E-state index contributed by atoms with van der Waals surface area (Å²) in [4.78, 5) is 9.07. The number of aromatic nitrogens is 1. The van der Waals surface area contributed by atoms with Crippen LogP contribution in [0.25, 0.3) is 0 Å². The molecule has 0 bridgehead atoms. The van der Waals surface area contributed by atoms with Gasteiger partial charge in [-0.3, -0.25) is 4.90 Å². The number of pyridine rings is 1. The van der Waals surface area contributed by atoms with Crippen molar-refractivity contribution in [2.75, 3.05) is 36.8 Å². The van der Waals surface area contributed by atoms with Gasteiger partial charge in [-0.15, -0.1) is 0 Å². The summed E-state index contributed by atoms with van der Waals surface area (Å²) in [6.07, 6.45) is 1.19. The molecule has 2 rings (SSSR count). The number of rotatable bonds is 3. The van der Waals surface area contributed by atoms with Crippen LogP contribution in [0.4, 0.5) is 11.5 Å². The maximum atomic E-state index is 5.96. The highest BCUT2D eigenvalue weighted by Crippen LogP contribution is 2.24. The molecule has 0 aliphatic carbocycles. The van der Waals surface area contributed by atoms with Crippen molar-refractivity contribution >= 4 is 23.1 Å². The van der Waals surface area contributed by atoms with Crippen molar-refractivity contribution in [2.24, 2.45) is 0 Å². The normalized spacial score (nSPS) is 18.9. The average molecular weight is 269 g/mol. The van der Waals surface area contributed by atoms with Gasteiger partial charge in [0.2, 0.25) is 0 Å². The monoisotopic (exact) mass is 268 g/mol. The highest BCUT2D eigenvalue weighted by atomic mass is 35.5. The summed E-state index contributed by atoms with van der Waals surface area (Å²) in [5.41, 5.74) is 6.67. The molecule has 5 heteroatoms. The standard InChI is InChI=1S/C13H21ClN4/c1-3-10(2)17-6-8-18(9-7-17)13-11(15)4-5-12(14)16-13/h4-5,10H,3,6-9,15H2,1-2H3. The van der Waals surface area contributed by atoms with E-state index in [1.165, 1.54) is 6.42 Å². The second kappa shape index (κ2) is 5.76. The summed E-state index contributed by atoms with van der Waals surface area (Å²) < 4.78 is 0. The van der Waals surface area contributed by atoms with Crippen LogP contribution < -0.4 is 10.6 Å². The molecule has 1 aliphatic heterocycles. The average Bonchev–Trinajstić information content (AvgIpc) is 2.41. The van der Waals surface area contributed by atoms with Crippen molar-refractivity contribution in [1.82, 2.24) is 9.88 Å². The fraction of sp³-hybridized carbons (Fsp3) is 0.615. The summed E-state index contributed by atoms with van der Waals surface area (Å²) in [5, 5.41) is 0.503. The first-order chi connectivity index (χ1) is 8.61. The molecule has 1 atom stereocenters. The highest BCUT2D eigenvalue weighted by Gasteiger charge is 2.22. The third-order valence-corrected chi connectivity index (χ3v) is 3.91. The molecule has 2 heterocycles. The molecule has 0 spiro atoms. The van der Waals surface area contributed by atoms with Crippen molar-refractivity contribution in [2.45, 2.75) is 26.3 Å². The first kappa shape index (κ1) is 13.4. The van der Waals surface area contributed by atoms with Crippen LogP contribution in [0.1, 0.15) is 20.3 Å². The number of anilines is 2. The molecule has 4 nitrogen and oxygen atoms in total. The Morgan fingerprint density at radius 2 is 2.00 bits per heavy atom. The van der Waals surface area contributed by atoms with E-state index in [4.69, 9.17) is 17.3 Å². The van der Waals surface area contributed by atoms with Gasteiger partial charge in [0.15, 0.2) is 5.82 Å². The third kappa shape index (κ3) is 2.87. The summed E-state index contributed by atoms with van der Waals surface area (Å²) in [7, 11) is 0. The van der Waals surface area contributed by atoms with E-state index in [9.17, 15) is 0 Å². The molecule has 2 N–H and O–H groups in total. The molecule has 1 aliphatic rings. The largest absolute Gasteiger partial charge is 0.396 e. The summed E-state index contributed by atoms with van der Waals surface area (Å²) in [6.45, 7) is 8.55. The van der Waals surface area contributed by atoms with Gasteiger partial charge in [-0.05, 0) is 25.5 Å². The molecular formula is C13H21ClN4. The Balaban J connectivity index is 2.03. The minimum Gasteiger partial charge on any atom is -0.396 e. The fourth-order valence-corrected chi connectivity index (χ4v) is 2.47. The van der Waals surface area contributed by atoms with Crippen LogP contribution in [-0.2, 0) is 0 Å². The van der Waals surface area contributed by atoms with Gasteiger partial charge in [-0.2, -0.15) is 0 Å². The minimum atomic E-state index is 0.503. The zero-order chi connectivity index (χ0) is 13.1. The number of nitrogens with zero attached hydrogens (tertiary/aromatic N) is 3. The lowest BCUT2D eigenvalue weighted by atomic mass is 10.2. The van der Waals surface area contributed by atoms with E-state index in [1.807, 2.05) is 6.07 Å². The van der Waals surface area contributed by atoms with Gasteiger partial charge in [0.25, 0.3) is 0 Å². The van der Waals surface area contributed by atoms with Crippen LogP contribution in [0.5, 0.6) is 0 Å². The van der Waals surface area contributed by atoms with E-state index >= 15 is 0 Å². The van der Waals surface area contributed by atoms with Crippen LogP contribution in [0.2, 0.25) is 5.15 Å². The summed E-state index contributed by atoms with van der Waals surface area (Å²) in [6, 6.07) is 4.21. The molecule has 1 aromatic rings. The zero-order valence-electron chi connectivity index (χ0n) is 11.1. The van der Waals surface area contributed by atoms with Crippen LogP contribution in [0, 0.1) is 0 Å². The Hall–Kier alpha value is -1.00. The third-order valence-electron chi connectivity index (χ3n) is 3.70. The topological polar surface area (TPSA) is 45.4 Å². The SMILES string of the molecule is CCC(C)N1CCN(c2nc(Cl)ccc2N)CC1. The lowest BCUT2D eigenvalue weighted by Gasteiger charge is -2.38. The molecule has 0 aromatic carbocycles. The Kier molecular flexibility index (Phi) is 4.30. The van der Waals surface area contributed by atoms with Gasteiger partial charge in [0.1, 0.15) is 5.15 Å². The first-order valence-electron chi connectivity index (χ1n) is 6.52. The first-order valence-corrected chi connectivity index (χ1v) is 6.90. The second-order valence-electron chi connectivity index (χ2n) is 4.83. The number of halogens is 1. The molecule has 1 unspecified atom stereocenters. The van der Waals surface area contributed by atoms with Gasteiger partial charge < -0.3 is 10.6 Å². The fourth-order valence-electron chi connectivity index (χ4n) is 2.32. The smallest absolute Gasteiger partial charge is 0.153 e. The van der Waals surface area contributed by atoms with Crippen molar-refractivity contribution in [1.29, 1.82) is 0 Å². The van der Waals surface area contributed by atoms with E-state index in [1.54, 1.807) is 6.07 Å². The molecule has 0 amide bonds. The van der Waals surface area contributed by atoms with Crippen LogP contribution >= 0.6 is 11.6 Å². The maximum absolute atomic E-state index is 5.96. The van der Waals surface area contributed by atoms with Gasteiger partial charge >= 0.3 is 0 Å². The van der Waals surface area contributed by atoms with Gasteiger partial charge in [-0.25, -0.2) is 4.98 Å². The Bertz CT molecular complexity index is 402. The predicted molar refractivity (Wildman–Crippen MR) is 77.2 cm³/mol. The number of nitrogen functional groups attached to an aromatic ring is 1. The molecular weight excluding hydrogens is 248 g/mol. The molecule has 1 fully saturated rings. The highest BCUT2D eigenvalue weighted by molar-refractivity contribution is 6.29. The van der Waals surface area contributed by atoms with Crippen LogP contribution in [0.3, 0.4) is 0 Å². The molecule has 0 radical (unpaired) electrons. The maximum Gasteiger partial charge on any atom is 0.153 e. The van der Waals surface area contributed by atoms with Gasteiger partial charge in [-0.1, -0.05) is 18.5 Å².